The van der Waals surface area contributed by atoms with E-state index in [0.717, 1.165) is 0 Å². The number of carbonyl (C=O) groups excluding carboxylic acids is 4. The van der Waals surface area contributed by atoms with Crippen molar-refractivity contribution in [3.8, 4) is 0 Å². The molecule has 26 heavy (non-hydrogen) atoms. The maximum atomic E-state index is 12.4. The number of aryl methyl sites for hydroxylation is 1. The van der Waals surface area contributed by atoms with Crippen molar-refractivity contribution in [1.82, 2.24) is 15.6 Å². The maximum Gasteiger partial charge on any atom is 0.355 e. The molecule has 1 aromatic rings. The third-order valence-electron chi connectivity index (χ3n) is 3.43. The topological polar surface area (TPSA) is 127 Å². The fraction of sp³-hybridized carbons (Fsp3) is 0.529. The SMILES string of the molecule is CCOC(=O)c1[nH]c(C)c(C(=O)O[C@H](C)C(=O)NC(=O)NC(C)C)c1C. The molecule has 0 saturated heterocycles. The number of amides is 3. The molecule has 3 N–H and O–H groups in total. The Morgan fingerprint density at radius 1 is 1.08 bits per heavy atom. The van der Waals surface area contributed by atoms with E-state index in [2.05, 4.69) is 15.6 Å². The summed E-state index contributed by atoms with van der Waals surface area (Å²) in [5, 5.41) is 4.58. The van der Waals surface area contributed by atoms with Crippen molar-refractivity contribution < 1.29 is 28.7 Å². The van der Waals surface area contributed by atoms with Crippen molar-refractivity contribution in [2.45, 2.75) is 53.7 Å². The maximum absolute atomic E-state index is 12.4. The molecule has 0 aromatic carbocycles. The molecular formula is C17H25N3O6. The number of aromatic nitrogens is 1. The van der Waals surface area contributed by atoms with Crippen LogP contribution in [0.15, 0.2) is 0 Å². The van der Waals surface area contributed by atoms with Crippen LogP contribution in [0.25, 0.3) is 0 Å². The molecular weight excluding hydrogens is 342 g/mol. The summed E-state index contributed by atoms with van der Waals surface area (Å²) in [5.41, 5.74) is 1.10. The Hall–Kier alpha value is -2.84. The second kappa shape index (κ2) is 9.02. The zero-order valence-electron chi connectivity index (χ0n) is 15.8. The van der Waals surface area contributed by atoms with Crippen LogP contribution in [-0.2, 0) is 14.3 Å². The minimum atomic E-state index is -1.19. The normalized spacial score (nSPS) is 11.7. The lowest BCUT2D eigenvalue weighted by Gasteiger charge is -2.14. The van der Waals surface area contributed by atoms with Crippen molar-refractivity contribution in [2.24, 2.45) is 0 Å². The van der Waals surface area contributed by atoms with E-state index in [9.17, 15) is 19.2 Å². The molecule has 0 unspecified atom stereocenters. The van der Waals surface area contributed by atoms with Gasteiger partial charge in [-0.15, -0.1) is 0 Å². The molecule has 0 aliphatic rings. The van der Waals surface area contributed by atoms with Gasteiger partial charge >= 0.3 is 18.0 Å². The van der Waals surface area contributed by atoms with Gasteiger partial charge in [0.1, 0.15) is 5.69 Å². The molecule has 0 aliphatic carbocycles. The fourth-order valence-electron chi connectivity index (χ4n) is 2.25. The standard InChI is InChI=1S/C17H25N3O6/c1-7-25-16(23)13-9(4)12(10(5)19-13)15(22)26-11(6)14(21)20-17(24)18-8(2)3/h8,11,19H,7H2,1-6H3,(H2,18,20,21,24)/t11-/m1/s1. The summed E-state index contributed by atoms with van der Waals surface area (Å²) in [4.78, 5) is 50.5. The Morgan fingerprint density at radius 3 is 2.23 bits per heavy atom. The number of imide groups is 1. The van der Waals surface area contributed by atoms with Gasteiger partial charge in [-0.05, 0) is 47.1 Å². The molecule has 1 aromatic heterocycles. The number of rotatable bonds is 6. The third-order valence-corrected chi connectivity index (χ3v) is 3.43. The van der Waals surface area contributed by atoms with Crippen LogP contribution in [0.5, 0.6) is 0 Å². The van der Waals surface area contributed by atoms with Crippen LogP contribution in [0.2, 0.25) is 0 Å². The van der Waals surface area contributed by atoms with Gasteiger partial charge in [0, 0.05) is 11.7 Å². The first-order valence-corrected chi connectivity index (χ1v) is 8.27. The molecule has 144 valence electrons. The summed E-state index contributed by atoms with van der Waals surface area (Å²) in [6.07, 6.45) is -1.19. The Balaban J connectivity index is 2.83. The van der Waals surface area contributed by atoms with E-state index in [1.54, 1.807) is 34.6 Å². The van der Waals surface area contributed by atoms with Gasteiger partial charge in [-0.1, -0.05) is 0 Å². The number of hydrogen-bond acceptors (Lipinski definition) is 6. The predicted molar refractivity (Wildman–Crippen MR) is 92.9 cm³/mol. The quantitative estimate of drug-likeness (QED) is 0.655. The number of urea groups is 1. The van der Waals surface area contributed by atoms with Crippen molar-refractivity contribution in [3.63, 3.8) is 0 Å². The summed E-state index contributed by atoms with van der Waals surface area (Å²) in [5.74, 6) is -2.12. The van der Waals surface area contributed by atoms with Crippen molar-refractivity contribution in [1.29, 1.82) is 0 Å². The summed E-state index contributed by atoms with van der Waals surface area (Å²) in [7, 11) is 0. The smallest absolute Gasteiger partial charge is 0.355 e. The van der Waals surface area contributed by atoms with Gasteiger partial charge in [-0.3, -0.25) is 10.1 Å². The Morgan fingerprint density at radius 2 is 1.69 bits per heavy atom. The van der Waals surface area contributed by atoms with E-state index in [1.807, 2.05) is 0 Å². The van der Waals surface area contributed by atoms with E-state index >= 15 is 0 Å². The molecule has 3 amide bonds. The van der Waals surface area contributed by atoms with Crippen molar-refractivity contribution in [2.75, 3.05) is 6.61 Å². The lowest BCUT2D eigenvalue weighted by atomic mass is 10.1. The van der Waals surface area contributed by atoms with Crippen LogP contribution in [-0.4, -0.2) is 47.6 Å². The molecule has 0 fully saturated rings. The molecule has 9 heteroatoms. The number of H-pyrrole nitrogens is 1. The molecule has 0 saturated carbocycles. The van der Waals surface area contributed by atoms with Crippen LogP contribution in [0.3, 0.4) is 0 Å². The summed E-state index contributed by atoms with van der Waals surface area (Å²) in [6, 6.07) is -0.821. The largest absolute Gasteiger partial charge is 0.461 e. The molecule has 1 heterocycles. The minimum Gasteiger partial charge on any atom is -0.461 e. The lowest BCUT2D eigenvalue weighted by Crippen LogP contribution is -2.46. The molecule has 9 nitrogen and oxygen atoms in total. The first-order valence-electron chi connectivity index (χ1n) is 8.27. The van der Waals surface area contributed by atoms with E-state index in [0.29, 0.717) is 11.3 Å². The molecule has 1 atom stereocenters. The average molecular weight is 367 g/mol. The summed E-state index contributed by atoms with van der Waals surface area (Å²) < 4.78 is 10.0. The summed E-state index contributed by atoms with van der Waals surface area (Å²) in [6.45, 7) is 9.89. The number of ether oxygens (including phenoxy) is 2. The van der Waals surface area contributed by atoms with E-state index in [-0.39, 0.29) is 23.9 Å². The van der Waals surface area contributed by atoms with Gasteiger partial charge in [0.2, 0.25) is 0 Å². The van der Waals surface area contributed by atoms with Gasteiger partial charge < -0.3 is 19.8 Å². The molecule has 1 rings (SSSR count). The number of aromatic amines is 1. The van der Waals surface area contributed by atoms with Crippen LogP contribution in [0.4, 0.5) is 4.79 Å². The molecule has 0 aliphatic heterocycles. The van der Waals surface area contributed by atoms with E-state index in [1.165, 1.54) is 6.92 Å². The van der Waals surface area contributed by atoms with Gasteiger partial charge in [-0.2, -0.15) is 0 Å². The van der Waals surface area contributed by atoms with Gasteiger partial charge in [-0.25, -0.2) is 14.4 Å². The Labute approximate surface area is 151 Å². The van der Waals surface area contributed by atoms with Gasteiger partial charge in [0.05, 0.1) is 12.2 Å². The first-order chi connectivity index (χ1) is 12.1. The zero-order chi connectivity index (χ0) is 20.0. The average Bonchev–Trinajstić information content (AvgIpc) is 2.81. The third kappa shape index (κ3) is 5.33. The predicted octanol–water partition coefficient (Wildman–Crippen LogP) is 1.59. The summed E-state index contributed by atoms with van der Waals surface area (Å²) >= 11 is 0. The van der Waals surface area contributed by atoms with Crippen molar-refractivity contribution >= 4 is 23.9 Å². The second-order valence-corrected chi connectivity index (χ2v) is 6.01. The number of hydrogen-bond donors (Lipinski definition) is 3. The molecule has 0 spiro atoms. The number of nitrogens with one attached hydrogen (secondary N) is 3. The van der Waals surface area contributed by atoms with Crippen LogP contribution in [0, 0.1) is 13.8 Å². The van der Waals surface area contributed by atoms with Gasteiger partial charge in [0.25, 0.3) is 5.91 Å². The van der Waals surface area contributed by atoms with Crippen LogP contribution >= 0.6 is 0 Å². The van der Waals surface area contributed by atoms with E-state index in [4.69, 9.17) is 9.47 Å². The van der Waals surface area contributed by atoms with Gasteiger partial charge in [0.15, 0.2) is 6.10 Å². The zero-order valence-corrected chi connectivity index (χ0v) is 15.8. The van der Waals surface area contributed by atoms with Crippen LogP contribution in [0.1, 0.15) is 59.8 Å². The highest BCUT2D eigenvalue weighted by Gasteiger charge is 2.27. The van der Waals surface area contributed by atoms with Crippen molar-refractivity contribution in [3.05, 3.63) is 22.5 Å². The monoisotopic (exact) mass is 367 g/mol. The first kappa shape index (κ1) is 21.2. The fourth-order valence-corrected chi connectivity index (χ4v) is 2.25. The molecule has 0 radical (unpaired) electrons. The van der Waals surface area contributed by atoms with Crippen LogP contribution < -0.4 is 10.6 Å². The second-order valence-electron chi connectivity index (χ2n) is 6.01. The Kier molecular flexibility index (Phi) is 7.36. The highest BCUT2D eigenvalue weighted by molar-refractivity contribution is 6.01. The highest BCUT2D eigenvalue weighted by atomic mass is 16.5. The Bertz CT molecular complexity index is 708. The van der Waals surface area contributed by atoms with E-state index < -0.39 is 30.0 Å². The highest BCUT2D eigenvalue weighted by Crippen LogP contribution is 2.20. The number of carbonyl (C=O) groups is 4. The molecule has 0 bridgehead atoms. The lowest BCUT2D eigenvalue weighted by molar-refractivity contribution is -0.127. The minimum absolute atomic E-state index is 0.146. The number of esters is 2.